The molecule has 0 fully saturated rings. The number of para-hydroxylation sites is 1. The third kappa shape index (κ3) is 6.78. The summed E-state index contributed by atoms with van der Waals surface area (Å²) in [6.45, 7) is 0.574. The average Bonchev–Trinajstić information content (AvgIpc) is 2.62. The van der Waals surface area contributed by atoms with Gasteiger partial charge in [-0.2, -0.15) is 4.72 Å². The van der Waals surface area contributed by atoms with Crippen molar-refractivity contribution in [3.05, 3.63) is 54.6 Å². The Kier molecular flexibility index (Phi) is 7.11. The number of carbonyl (C=O) groups is 1. The molecule has 146 valence electrons. The zero-order valence-corrected chi connectivity index (χ0v) is 16.2. The molecular formula is C16H20N3O6PS. The molecule has 0 saturated carbocycles. The van der Waals surface area contributed by atoms with Crippen LogP contribution in [-0.2, 0) is 14.6 Å². The smallest absolute Gasteiger partial charge is 0.306 e. The Bertz CT molecular complexity index is 913. The summed E-state index contributed by atoms with van der Waals surface area (Å²) in [5.41, 5.74) is -1.01. The largest absolute Gasteiger partial charge is 0.457 e. The molecule has 0 saturated heterocycles. The lowest BCUT2D eigenvalue weighted by atomic mass is 10.3. The maximum Gasteiger partial charge on any atom is 0.306 e. The number of hydrogen-bond donors (Lipinski definition) is 4. The number of benzene rings is 2. The molecule has 1 unspecified atom stereocenters. The third-order valence-electron chi connectivity index (χ3n) is 3.24. The molecule has 27 heavy (non-hydrogen) atoms. The Morgan fingerprint density at radius 2 is 1.63 bits per heavy atom. The van der Waals surface area contributed by atoms with Gasteiger partial charge in [0.25, 0.3) is 7.37 Å². The van der Waals surface area contributed by atoms with E-state index in [0.29, 0.717) is 11.5 Å². The highest BCUT2D eigenvalue weighted by Gasteiger charge is 2.21. The summed E-state index contributed by atoms with van der Waals surface area (Å²) >= 11 is 0. The zero-order chi connectivity index (χ0) is 19.9. The fourth-order valence-electron chi connectivity index (χ4n) is 1.89. The van der Waals surface area contributed by atoms with E-state index in [0.717, 1.165) is 6.66 Å². The van der Waals surface area contributed by atoms with Crippen molar-refractivity contribution in [2.24, 2.45) is 0 Å². The quantitative estimate of drug-likeness (QED) is 0.280. The van der Waals surface area contributed by atoms with Gasteiger partial charge >= 0.3 is 5.65 Å². The Hall–Kier alpha value is -2.23. The number of nitrogens with one attached hydrogen (secondary N) is 3. The minimum absolute atomic E-state index is 0.0437. The normalized spacial score (nSPS) is 13.6. The molecule has 0 spiro atoms. The van der Waals surface area contributed by atoms with E-state index in [-0.39, 0.29) is 18.2 Å². The second-order valence-corrected chi connectivity index (χ2v) is 9.43. The molecule has 4 N–H and O–H groups in total. The summed E-state index contributed by atoms with van der Waals surface area (Å²) in [6, 6.07) is 15.0. The van der Waals surface area contributed by atoms with Gasteiger partial charge in [-0.25, -0.2) is 8.42 Å². The Labute approximate surface area is 157 Å². The highest BCUT2D eigenvalue weighted by molar-refractivity contribution is 7.89. The van der Waals surface area contributed by atoms with Crippen molar-refractivity contribution in [1.29, 1.82) is 0 Å². The van der Waals surface area contributed by atoms with E-state index < -0.39 is 23.0 Å². The first-order valence-electron chi connectivity index (χ1n) is 7.80. The van der Waals surface area contributed by atoms with Crippen molar-refractivity contribution in [2.45, 2.75) is 4.90 Å². The van der Waals surface area contributed by atoms with Crippen LogP contribution in [0.1, 0.15) is 0 Å². The van der Waals surface area contributed by atoms with E-state index >= 15 is 0 Å². The van der Waals surface area contributed by atoms with E-state index in [1.165, 1.54) is 24.3 Å². The fourth-order valence-corrected chi connectivity index (χ4v) is 3.21. The molecule has 2 aromatic rings. The van der Waals surface area contributed by atoms with Crippen LogP contribution in [0.3, 0.4) is 0 Å². The maximum absolute atomic E-state index is 12.2. The predicted molar refractivity (Wildman–Crippen MR) is 100 cm³/mol. The van der Waals surface area contributed by atoms with E-state index in [9.17, 15) is 17.8 Å². The van der Waals surface area contributed by atoms with Crippen molar-refractivity contribution < 1.29 is 27.4 Å². The third-order valence-corrected chi connectivity index (χ3v) is 5.57. The first kappa shape index (κ1) is 21.1. The van der Waals surface area contributed by atoms with Crippen molar-refractivity contribution in [3.63, 3.8) is 0 Å². The predicted octanol–water partition coefficient (Wildman–Crippen LogP) is 1.87. The summed E-state index contributed by atoms with van der Waals surface area (Å²) in [4.78, 5) is 20.3. The molecule has 2 aromatic carbocycles. The minimum atomic E-state index is -3.86. The van der Waals surface area contributed by atoms with Gasteiger partial charge in [0.05, 0.1) is 18.2 Å². The summed E-state index contributed by atoms with van der Waals surface area (Å²) in [7, 11) is -7.62. The number of sulfonamides is 1. The zero-order valence-electron chi connectivity index (χ0n) is 14.5. The molecule has 0 bridgehead atoms. The van der Waals surface area contributed by atoms with Crippen LogP contribution in [0, 0.1) is 0 Å². The summed E-state index contributed by atoms with van der Waals surface area (Å²) in [5.74, 6) is 1.13. The van der Waals surface area contributed by atoms with Crippen molar-refractivity contribution in [1.82, 2.24) is 15.4 Å². The molecule has 0 aliphatic carbocycles. The van der Waals surface area contributed by atoms with E-state index in [1.807, 2.05) is 18.2 Å². The molecule has 0 heterocycles. The van der Waals surface area contributed by atoms with Gasteiger partial charge in [0.15, 0.2) is 0 Å². The number of amides is 1. The van der Waals surface area contributed by atoms with Gasteiger partial charge in [-0.1, -0.05) is 18.2 Å². The van der Waals surface area contributed by atoms with E-state index in [4.69, 9.17) is 9.63 Å². The lowest BCUT2D eigenvalue weighted by Gasteiger charge is -2.11. The molecule has 0 aromatic heterocycles. The molecule has 2 rings (SSSR count). The first-order valence-corrected chi connectivity index (χ1v) is 11.4. The topological polar surface area (TPSA) is 134 Å². The molecule has 11 heteroatoms. The van der Waals surface area contributed by atoms with Crippen molar-refractivity contribution in [3.8, 4) is 11.5 Å². The summed E-state index contributed by atoms with van der Waals surface area (Å²) in [6.07, 6.45) is 0. The van der Waals surface area contributed by atoms with Crippen molar-refractivity contribution in [2.75, 3.05) is 20.0 Å². The summed E-state index contributed by atoms with van der Waals surface area (Å²) < 4.78 is 43.3. The van der Waals surface area contributed by atoms with Gasteiger partial charge in [-0.15, -0.1) is 0 Å². The van der Waals surface area contributed by atoms with Crippen LogP contribution in [0.5, 0.6) is 11.5 Å². The first-order chi connectivity index (χ1) is 12.7. The van der Waals surface area contributed by atoms with Gasteiger partial charge in [0.1, 0.15) is 11.5 Å². The van der Waals surface area contributed by atoms with Crippen LogP contribution >= 0.6 is 7.37 Å². The lowest BCUT2D eigenvalue weighted by molar-refractivity contribution is 0.254. The van der Waals surface area contributed by atoms with Gasteiger partial charge in [-0.05, 0) is 36.4 Å². The number of ether oxygens (including phenoxy) is 1. The van der Waals surface area contributed by atoms with E-state index in [2.05, 4.69) is 15.4 Å². The number of carbonyl (C=O) groups excluding carboxylic acids is 1. The molecule has 1 amide bonds. The molecule has 0 aliphatic heterocycles. The van der Waals surface area contributed by atoms with Gasteiger partial charge in [0.2, 0.25) is 10.0 Å². The van der Waals surface area contributed by atoms with Crippen LogP contribution in [0.15, 0.2) is 59.5 Å². The Morgan fingerprint density at radius 3 is 2.22 bits per heavy atom. The number of hydrogen-bond acceptors (Lipinski definition) is 6. The van der Waals surface area contributed by atoms with Crippen LogP contribution in [0.4, 0.5) is 4.79 Å². The van der Waals surface area contributed by atoms with Gasteiger partial charge in [0, 0.05) is 6.66 Å². The van der Waals surface area contributed by atoms with Gasteiger partial charge < -0.3 is 14.9 Å². The highest BCUT2D eigenvalue weighted by atomic mass is 32.2. The van der Waals surface area contributed by atoms with E-state index in [1.54, 1.807) is 12.1 Å². The Balaban J connectivity index is 1.84. The lowest BCUT2D eigenvalue weighted by Crippen LogP contribution is -2.40. The Morgan fingerprint density at radius 1 is 1.04 bits per heavy atom. The second-order valence-electron chi connectivity index (χ2n) is 5.50. The molecule has 0 aliphatic rings. The van der Waals surface area contributed by atoms with Crippen LogP contribution < -0.4 is 20.1 Å². The minimum Gasteiger partial charge on any atom is -0.457 e. The van der Waals surface area contributed by atoms with Crippen LogP contribution in [0.2, 0.25) is 0 Å². The molecule has 0 radical (unpaired) electrons. The SMILES string of the molecule is CP(=O)(O)C(=O)NCNCNS(=O)(=O)c1ccc(Oc2ccccc2)cc1. The standard InChI is InChI=1S/C16H20N3O6PS/c1-26(21,22)16(20)18-11-17-12-19-27(23,24)15-9-7-14(8-10-15)25-13-5-3-2-4-6-13/h2-10,17,19H,11-12H2,1H3,(H,18,20)(H,21,22). The van der Waals surface area contributed by atoms with Crippen molar-refractivity contribution >= 4 is 23.0 Å². The maximum atomic E-state index is 12.2. The molecule has 9 nitrogen and oxygen atoms in total. The monoisotopic (exact) mass is 413 g/mol. The number of rotatable bonds is 9. The van der Waals surface area contributed by atoms with Gasteiger partial charge in [-0.3, -0.25) is 14.7 Å². The highest BCUT2D eigenvalue weighted by Crippen LogP contribution is 2.35. The van der Waals surface area contributed by atoms with Crippen LogP contribution in [-0.4, -0.2) is 39.0 Å². The average molecular weight is 413 g/mol. The van der Waals surface area contributed by atoms with Crippen LogP contribution in [0.25, 0.3) is 0 Å². The fraction of sp³-hybridized carbons (Fsp3) is 0.188. The molecule has 1 atom stereocenters. The summed E-state index contributed by atoms with van der Waals surface area (Å²) in [5, 5.41) is 4.74. The second kappa shape index (κ2) is 9.12. The molecular weight excluding hydrogens is 393 g/mol.